The lowest BCUT2D eigenvalue weighted by Crippen LogP contribution is -2.50. The van der Waals surface area contributed by atoms with Crippen LogP contribution < -0.4 is 14.4 Å². The summed E-state index contributed by atoms with van der Waals surface area (Å²) >= 11 is 1.58. The first-order valence-corrected chi connectivity index (χ1v) is 12.2. The Balaban J connectivity index is 1.39. The maximum absolute atomic E-state index is 12.7. The van der Waals surface area contributed by atoms with Gasteiger partial charge >= 0.3 is 0 Å². The first-order valence-electron chi connectivity index (χ1n) is 9.74. The second kappa shape index (κ2) is 8.72. The summed E-state index contributed by atoms with van der Waals surface area (Å²) in [6.45, 7) is 2.08. The van der Waals surface area contributed by atoms with E-state index < -0.39 is 15.6 Å². The predicted octanol–water partition coefficient (Wildman–Crippen LogP) is 2.44. The zero-order chi connectivity index (χ0) is 22.0. The predicted molar refractivity (Wildman–Crippen MR) is 120 cm³/mol. The van der Waals surface area contributed by atoms with Gasteiger partial charge in [0.1, 0.15) is 22.8 Å². The number of anilines is 1. The van der Waals surface area contributed by atoms with Crippen molar-refractivity contribution in [2.45, 2.75) is 4.90 Å². The van der Waals surface area contributed by atoms with Gasteiger partial charge in [-0.25, -0.2) is 13.4 Å². The van der Waals surface area contributed by atoms with Gasteiger partial charge in [-0.15, -0.1) is 0 Å². The first kappa shape index (κ1) is 21.4. The highest BCUT2D eigenvalue weighted by Gasteiger charge is 2.27. The van der Waals surface area contributed by atoms with Crippen LogP contribution in [0, 0.1) is 0 Å². The number of fused-ring (bicyclic) bond motifs is 1. The standard InChI is InChI=1S/C21H23N3O5S2/c1-28-15-6-8-16(9-7-15)31(26,27)14-19(25)23-10-12-24(13-11-23)21-22-20-17(29-2)4-3-5-18(20)30-21/h3-9H,10-14H2,1-2H3. The topological polar surface area (TPSA) is 89.0 Å². The number of ether oxygens (including phenoxy) is 2. The van der Waals surface area contributed by atoms with E-state index in [0.717, 1.165) is 21.1 Å². The van der Waals surface area contributed by atoms with Crippen molar-refractivity contribution in [1.82, 2.24) is 9.88 Å². The third-order valence-corrected chi connectivity index (χ3v) is 7.92. The number of piperazine rings is 1. The molecule has 0 saturated carbocycles. The fraction of sp³-hybridized carbons (Fsp3) is 0.333. The minimum atomic E-state index is -3.71. The Kier molecular flexibility index (Phi) is 6.01. The third-order valence-electron chi connectivity index (χ3n) is 5.23. The Morgan fingerprint density at radius 2 is 1.74 bits per heavy atom. The second-order valence-electron chi connectivity index (χ2n) is 7.11. The molecule has 0 unspecified atom stereocenters. The number of thiazole rings is 1. The molecule has 8 nitrogen and oxygen atoms in total. The van der Waals surface area contributed by atoms with Crippen LogP contribution in [-0.4, -0.2) is 70.4 Å². The summed E-state index contributed by atoms with van der Waals surface area (Å²) in [5.74, 6) is 0.366. The largest absolute Gasteiger partial charge is 0.497 e. The quantitative estimate of drug-likeness (QED) is 0.557. The van der Waals surface area contributed by atoms with Crippen molar-refractivity contribution in [1.29, 1.82) is 0 Å². The van der Waals surface area contributed by atoms with Crippen LogP contribution in [0.25, 0.3) is 10.2 Å². The van der Waals surface area contributed by atoms with Gasteiger partial charge in [-0.05, 0) is 36.4 Å². The van der Waals surface area contributed by atoms with Gasteiger partial charge in [0.05, 0.1) is 23.8 Å². The van der Waals surface area contributed by atoms with Crippen molar-refractivity contribution in [3.05, 3.63) is 42.5 Å². The van der Waals surface area contributed by atoms with Gasteiger partial charge < -0.3 is 19.3 Å². The first-order chi connectivity index (χ1) is 14.9. The van der Waals surface area contributed by atoms with Crippen LogP contribution >= 0.6 is 11.3 Å². The molecule has 0 radical (unpaired) electrons. The van der Waals surface area contributed by atoms with Crippen molar-refractivity contribution < 1.29 is 22.7 Å². The number of amides is 1. The number of sulfone groups is 1. The zero-order valence-electron chi connectivity index (χ0n) is 17.3. The van der Waals surface area contributed by atoms with E-state index in [4.69, 9.17) is 14.5 Å². The molecule has 4 rings (SSSR count). The summed E-state index contributed by atoms with van der Waals surface area (Å²) < 4.78 is 36.7. The van der Waals surface area contributed by atoms with Crippen molar-refractivity contribution in [3.63, 3.8) is 0 Å². The van der Waals surface area contributed by atoms with E-state index in [1.165, 1.54) is 19.2 Å². The molecule has 1 fully saturated rings. The van der Waals surface area contributed by atoms with Crippen LogP contribution in [-0.2, 0) is 14.6 Å². The number of methoxy groups -OCH3 is 2. The molecule has 3 aromatic rings. The lowest BCUT2D eigenvalue weighted by Gasteiger charge is -2.34. The molecule has 0 aliphatic carbocycles. The van der Waals surface area contributed by atoms with Gasteiger partial charge in [0.15, 0.2) is 15.0 Å². The molecule has 0 N–H and O–H groups in total. The highest BCUT2D eigenvalue weighted by Crippen LogP contribution is 2.34. The minimum Gasteiger partial charge on any atom is -0.497 e. The summed E-state index contributed by atoms with van der Waals surface area (Å²) in [6, 6.07) is 11.9. The van der Waals surface area contributed by atoms with Crippen molar-refractivity contribution in [2.24, 2.45) is 0 Å². The fourth-order valence-electron chi connectivity index (χ4n) is 3.48. The smallest absolute Gasteiger partial charge is 0.238 e. The molecule has 10 heteroatoms. The lowest BCUT2D eigenvalue weighted by molar-refractivity contribution is -0.128. The molecule has 164 valence electrons. The minimum absolute atomic E-state index is 0.115. The number of hydrogen-bond acceptors (Lipinski definition) is 8. The molecule has 0 atom stereocenters. The van der Waals surface area contributed by atoms with E-state index in [9.17, 15) is 13.2 Å². The Labute approximate surface area is 184 Å². The summed E-state index contributed by atoms with van der Waals surface area (Å²) in [4.78, 5) is 21.2. The van der Waals surface area contributed by atoms with Gasteiger partial charge in [-0.2, -0.15) is 0 Å². The molecule has 1 saturated heterocycles. The number of hydrogen-bond donors (Lipinski definition) is 0. The number of aromatic nitrogens is 1. The van der Waals surface area contributed by atoms with Crippen LogP contribution in [0.15, 0.2) is 47.4 Å². The number of para-hydroxylation sites is 1. The Morgan fingerprint density at radius 1 is 1.03 bits per heavy atom. The van der Waals surface area contributed by atoms with Gasteiger partial charge in [-0.1, -0.05) is 17.4 Å². The Morgan fingerprint density at radius 3 is 2.39 bits per heavy atom. The average molecular weight is 462 g/mol. The zero-order valence-corrected chi connectivity index (χ0v) is 18.9. The van der Waals surface area contributed by atoms with E-state index in [-0.39, 0.29) is 10.8 Å². The van der Waals surface area contributed by atoms with Crippen molar-refractivity contribution >= 4 is 42.4 Å². The molecular weight excluding hydrogens is 438 g/mol. The highest BCUT2D eigenvalue weighted by molar-refractivity contribution is 7.92. The van der Waals surface area contributed by atoms with Gasteiger partial charge in [0.25, 0.3) is 0 Å². The summed E-state index contributed by atoms with van der Waals surface area (Å²) in [6.07, 6.45) is 0. The van der Waals surface area contributed by atoms with Crippen LogP contribution in [0.1, 0.15) is 0 Å². The molecule has 2 aromatic carbocycles. The Hall–Kier alpha value is -2.85. The molecule has 0 bridgehead atoms. The van der Waals surface area contributed by atoms with Gasteiger partial charge in [0, 0.05) is 26.2 Å². The van der Waals surface area contributed by atoms with Gasteiger partial charge in [0.2, 0.25) is 5.91 Å². The fourth-order valence-corrected chi connectivity index (χ4v) is 5.74. The van der Waals surface area contributed by atoms with E-state index in [2.05, 4.69) is 4.90 Å². The monoisotopic (exact) mass is 461 g/mol. The molecule has 1 aromatic heterocycles. The average Bonchev–Trinajstić information content (AvgIpc) is 3.23. The molecule has 1 amide bonds. The molecule has 31 heavy (non-hydrogen) atoms. The number of benzene rings is 2. The number of carbonyl (C=O) groups is 1. The molecule has 1 aliphatic heterocycles. The van der Waals surface area contributed by atoms with Crippen molar-refractivity contribution in [3.8, 4) is 11.5 Å². The molecular formula is C21H23N3O5S2. The molecule has 0 spiro atoms. The van der Waals surface area contributed by atoms with Crippen LogP contribution in [0.5, 0.6) is 11.5 Å². The Bertz CT molecular complexity index is 1180. The van der Waals surface area contributed by atoms with Crippen LogP contribution in [0.4, 0.5) is 5.13 Å². The van der Waals surface area contributed by atoms with Crippen molar-refractivity contribution in [2.75, 3.05) is 51.1 Å². The number of carbonyl (C=O) groups excluding carboxylic acids is 1. The maximum Gasteiger partial charge on any atom is 0.238 e. The van der Waals surface area contributed by atoms with E-state index >= 15 is 0 Å². The summed E-state index contributed by atoms with van der Waals surface area (Å²) in [5.41, 5.74) is 0.828. The van der Waals surface area contributed by atoms with Crippen LogP contribution in [0.3, 0.4) is 0 Å². The summed E-state index contributed by atoms with van der Waals surface area (Å²) in [7, 11) is -0.574. The van der Waals surface area contributed by atoms with E-state index in [0.29, 0.717) is 31.9 Å². The number of nitrogens with zero attached hydrogens (tertiary/aromatic N) is 3. The normalized spacial score (nSPS) is 14.6. The SMILES string of the molecule is COc1ccc(S(=O)(=O)CC(=O)N2CCN(c3nc4c(OC)cccc4s3)CC2)cc1. The highest BCUT2D eigenvalue weighted by atomic mass is 32.2. The van der Waals surface area contributed by atoms with Crippen LogP contribution in [0.2, 0.25) is 0 Å². The molecule has 1 aliphatic rings. The molecule has 2 heterocycles. The number of rotatable bonds is 6. The maximum atomic E-state index is 12.7. The second-order valence-corrected chi connectivity index (χ2v) is 10.1. The van der Waals surface area contributed by atoms with E-state index in [1.54, 1.807) is 35.5 Å². The summed E-state index contributed by atoms with van der Waals surface area (Å²) in [5, 5.41) is 0.873. The third kappa shape index (κ3) is 4.45. The van der Waals surface area contributed by atoms with E-state index in [1.807, 2.05) is 18.2 Å². The lowest BCUT2D eigenvalue weighted by atomic mass is 10.3. The van der Waals surface area contributed by atoms with Gasteiger partial charge in [-0.3, -0.25) is 4.79 Å².